The number of carbonyl (C=O) groups excluding carboxylic acids is 3. The second-order valence-corrected chi connectivity index (χ2v) is 7.08. The van der Waals surface area contributed by atoms with E-state index in [1.165, 1.54) is 6.92 Å². The Labute approximate surface area is 152 Å². The zero-order valence-electron chi connectivity index (χ0n) is 15.4. The Balaban J connectivity index is 1.88. The van der Waals surface area contributed by atoms with E-state index in [4.69, 9.17) is 14.2 Å². The lowest BCUT2D eigenvalue weighted by Crippen LogP contribution is -2.39. The Hall–Kier alpha value is -2.15. The highest BCUT2D eigenvalue weighted by molar-refractivity contribution is 5.89. The van der Waals surface area contributed by atoms with E-state index in [0.29, 0.717) is 5.57 Å². The van der Waals surface area contributed by atoms with E-state index in [-0.39, 0.29) is 31.1 Å². The van der Waals surface area contributed by atoms with Crippen LogP contribution in [0.3, 0.4) is 0 Å². The number of cyclic esters (lactones) is 1. The molecule has 0 saturated carbocycles. The highest BCUT2D eigenvalue weighted by Gasteiger charge is 2.43. The predicted octanol–water partition coefficient (Wildman–Crippen LogP) is 1.37. The highest BCUT2D eigenvalue weighted by atomic mass is 16.6. The molecule has 0 radical (unpaired) electrons. The fourth-order valence-corrected chi connectivity index (χ4v) is 3.92. The van der Waals surface area contributed by atoms with Crippen LogP contribution >= 0.6 is 0 Å². The van der Waals surface area contributed by atoms with Crippen LogP contribution in [-0.2, 0) is 28.6 Å². The average molecular weight is 363 g/mol. The molecule has 0 N–H and O–H groups in total. The van der Waals surface area contributed by atoms with Gasteiger partial charge in [-0.15, -0.1) is 0 Å². The first kappa shape index (κ1) is 18.6. The maximum atomic E-state index is 12.6. The summed E-state index contributed by atoms with van der Waals surface area (Å²) in [5.74, 6) is -1.91. The summed E-state index contributed by atoms with van der Waals surface area (Å²) in [5, 5.41) is 0. The lowest BCUT2D eigenvalue weighted by Gasteiger charge is -2.28. The van der Waals surface area contributed by atoms with Crippen molar-refractivity contribution < 1.29 is 28.6 Å². The van der Waals surface area contributed by atoms with Gasteiger partial charge in [0.1, 0.15) is 12.7 Å². The van der Waals surface area contributed by atoms with Gasteiger partial charge in [0.15, 0.2) is 0 Å². The zero-order chi connectivity index (χ0) is 18.8. The molecule has 0 spiro atoms. The van der Waals surface area contributed by atoms with Gasteiger partial charge in [0.05, 0.1) is 6.04 Å². The third kappa shape index (κ3) is 3.67. The van der Waals surface area contributed by atoms with Crippen molar-refractivity contribution in [3.63, 3.8) is 0 Å². The second-order valence-electron chi connectivity index (χ2n) is 7.08. The van der Waals surface area contributed by atoms with Crippen molar-refractivity contribution in [2.75, 3.05) is 19.7 Å². The molecule has 0 unspecified atom stereocenters. The number of ether oxygens (including phenoxy) is 3. The zero-order valence-corrected chi connectivity index (χ0v) is 15.4. The van der Waals surface area contributed by atoms with Crippen LogP contribution in [0.2, 0.25) is 0 Å². The lowest BCUT2D eigenvalue weighted by molar-refractivity contribution is -0.170. The predicted molar refractivity (Wildman–Crippen MR) is 92.0 cm³/mol. The van der Waals surface area contributed by atoms with Gasteiger partial charge in [0.25, 0.3) is 0 Å². The number of allylic oxidation sites excluding steroid dienone is 1. The van der Waals surface area contributed by atoms with E-state index in [9.17, 15) is 14.4 Å². The molecule has 0 amide bonds. The number of hydrogen-bond donors (Lipinski definition) is 0. The van der Waals surface area contributed by atoms with Gasteiger partial charge < -0.3 is 14.2 Å². The first-order valence-corrected chi connectivity index (χ1v) is 9.03. The molecule has 0 aromatic rings. The lowest BCUT2D eigenvalue weighted by atomic mass is 9.94. The van der Waals surface area contributed by atoms with Crippen LogP contribution in [0, 0.1) is 5.92 Å². The maximum absolute atomic E-state index is 12.6. The summed E-state index contributed by atoms with van der Waals surface area (Å²) in [5.41, 5.74) is 1.41. The molecule has 3 rings (SSSR count). The third-order valence-electron chi connectivity index (χ3n) is 5.25. The van der Waals surface area contributed by atoms with Crippen molar-refractivity contribution in [2.45, 2.75) is 51.9 Å². The van der Waals surface area contributed by atoms with Crippen molar-refractivity contribution in [1.29, 1.82) is 0 Å². The Morgan fingerprint density at radius 3 is 2.85 bits per heavy atom. The third-order valence-corrected chi connectivity index (χ3v) is 5.25. The molecule has 0 aromatic carbocycles. The number of esters is 3. The van der Waals surface area contributed by atoms with Crippen LogP contribution in [0.25, 0.3) is 0 Å². The Kier molecular flexibility index (Phi) is 5.46. The van der Waals surface area contributed by atoms with Gasteiger partial charge >= 0.3 is 17.9 Å². The molecule has 2 saturated heterocycles. The average Bonchev–Trinajstić information content (AvgIpc) is 3.17. The van der Waals surface area contributed by atoms with Gasteiger partial charge in [0, 0.05) is 31.5 Å². The fraction of sp³-hybridized carbons (Fsp3) is 0.632. The van der Waals surface area contributed by atoms with Gasteiger partial charge in [-0.3, -0.25) is 9.69 Å². The summed E-state index contributed by atoms with van der Waals surface area (Å²) in [7, 11) is 0. The maximum Gasteiger partial charge on any atom is 0.348 e. The SMILES string of the molecule is C/C=C1\C[C@@H](C)[C@H](OC(C)=O)C(=O)OCC2=CCN3CC[C@@H](OC1=O)[C@@H]23. The molecule has 0 bridgehead atoms. The second kappa shape index (κ2) is 7.61. The Bertz CT molecular complexity index is 667. The summed E-state index contributed by atoms with van der Waals surface area (Å²) in [6.45, 7) is 6.49. The first-order chi connectivity index (χ1) is 12.4. The summed E-state index contributed by atoms with van der Waals surface area (Å²) in [6, 6.07) is -0.0473. The number of rotatable bonds is 1. The molecule has 26 heavy (non-hydrogen) atoms. The molecule has 4 atom stereocenters. The van der Waals surface area contributed by atoms with Crippen molar-refractivity contribution in [3.05, 3.63) is 23.3 Å². The van der Waals surface area contributed by atoms with E-state index < -0.39 is 24.0 Å². The van der Waals surface area contributed by atoms with E-state index in [2.05, 4.69) is 4.90 Å². The van der Waals surface area contributed by atoms with Crippen LogP contribution in [-0.4, -0.2) is 60.8 Å². The molecule has 3 heterocycles. The molecular weight excluding hydrogens is 338 g/mol. The minimum Gasteiger partial charge on any atom is -0.458 e. The highest BCUT2D eigenvalue weighted by Crippen LogP contribution is 2.33. The van der Waals surface area contributed by atoms with Crippen molar-refractivity contribution in [3.8, 4) is 0 Å². The van der Waals surface area contributed by atoms with E-state index in [1.54, 1.807) is 19.9 Å². The minimum absolute atomic E-state index is 0.0473. The summed E-state index contributed by atoms with van der Waals surface area (Å²) in [6.07, 6.45) is 3.47. The first-order valence-electron chi connectivity index (χ1n) is 9.03. The van der Waals surface area contributed by atoms with Gasteiger partial charge in [-0.2, -0.15) is 0 Å². The quantitative estimate of drug-likeness (QED) is 0.301. The van der Waals surface area contributed by atoms with E-state index >= 15 is 0 Å². The van der Waals surface area contributed by atoms with Gasteiger partial charge in [0.2, 0.25) is 6.10 Å². The van der Waals surface area contributed by atoms with Gasteiger partial charge in [-0.25, -0.2) is 9.59 Å². The molecular formula is C19H25NO6. The van der Waals surface area contributed by atoms with Crippen molar-refractivity contribution >= 4 is 17.9 Å². The minimum atomic E-state index is -1.05. The van der Waals surface area contributed by atoms with Crippen LogP contribution in [0.1, 0.15) is 33.6 Å². The Morgan fingerprint density at radius 2 is 2.15 bits per heavy atom. The monoisotopic (exact) mass is 363 g/mol. The number of nitrogens with zero attached hydrogens (tertiary/aromatic N) is 1. The molecule has 142 valence electrons. The van der Waals surface area contributed by atoms with Crippen LogP contribution in [0.4, 0.5) is 0 Å². The van der Waals surface area contributed by atoms with Crippen molar-refractivity contribution in [2.24, 2.45) is 5.92 Å². The fourth-order valence-electron chi connectivity index (χ4n) is 3.92. The molecule has 3 aliphatic rings. The molecule has 0 aliphatic carbocycles. The standard InChI is InChI=1S/C19H25NO6/c1-4-13-9-11(2)17(25-12(3)21)19(23)24-10-14-5-7-20-8-6-15(16(14)20)26-18(13)22/h4-5,11,15-17H,6-10H2,1-3H3/b13-4+/t11-,15-,16-,17+/m1/s1. The van der Waals surface area contributed by atoms with Crippen LogP contribution in [0.5, 0.6) is 0 Å². The van der Waals surface area contributed by atoms with Crippen LogP contribution in [0.15, 0.2) is 23.3 Å². The normalized spacial score (nSPS) is 34.3. The van der Waals surface area contributed by atoms with Gasteiger partial charge in [-0.1, -0.05) is 19.1 Å². The molecule has 0 aromatic heterocycles. The van der Waals surface area contributed by atoms with Crippen molar-refractivity contribution in [1.82, 2.24) is 4.90 Å². The van der Waals surface area contributed by atoms with E-state index in [1.807, 2.05) is 6.08 Å². The molecule has 7 heteroatoms. The number of hydrogen-bond acceptors (Lipinski definition) is 7. The summed E-state index contributed by atoms with van der Waals surface area (Å²) in [4.78, 5) is 38.8. The summed E-state index contributed by atoms with van der Waals surface area (Å²) < 4.78 is 16.4. The smallest absolute Gasteiger partial charge is 0.348 e. The van der Waals surface area contributed by atoms with Crippen LogP contribution < -0.4 is 0 Å². The van der Waals surface area contributed by atoms with E-state index in [0.717, 1.165) is 25.1 Å². The Morgan fingerprint density at radius 1 is 1.38 bits per heavy atom. The number of carbonyl (C=O) groups is 3. The molecule has 7 nitrogen and oxygen atoms in total. The molecule has 2 fully saturated rings. The molecule has 3 aliphatic heterocycles. The summed E-state index contributed by atoms with van der Waals surface area (Å²) >= 11 is 0. The topological polar surface area (TPSA) is 82.1 Å². The largest absolute Gasteiger partial charge is 0.458 e. The van der Waals surface area contributed by atoms with Gasteiger partial charge in [-0.05, 0) is 25.3 Å².